The number of likely N-dealkylation sites (tertiary alicyclic amines) is 1. The van der Waals surface area contributed by atoms with Crippen molar-refractivity contribution in [2.24, 2.45) is 0 Å². The first-order valence-corrected chi connectivity index (χ1v) is 5.96. The molecule has 0 bridgehead atoms. The van der Waals surface area contributed by atoms with Crippen molar-refractivity contribution in [2.45, 2.75) is 25.6 Å². The molecule has 1 aliphatic heterocycles. The Labute approximate surface area is 103 Å². The van der Waals surface area contributed by atoms with Gasteiger partial charge in [0.2, 0.25) is 5.89 Å². The van der Waals surface area contributed by atoms with Gasteiger partial charge in [0.15, 0.2) is 5.58 Å². The fraction of sp³-hybridized carbons (Fsp3) is 0.417. The predicted molar refractivity (Wildman–Crippen MR) is 64.4 cm³/mol. The Bertz CT molecular complexity index is 548. The van der Waals surface area contributed by atoms with Crippen molar-refractivity contribution >= 4 is 11.1 Å². The Hall–Kier alpha value is -1.95. The van der Waals surface area contributed by atoms with E-state index in [1.54, 1.807) is 0 Å². The second kappa shape index (κ2) is 4.38. The number of rotatable bonds is 3. The summed E-state index contributed by atoms with van der Waals surface area (Å²) in [7, 11) is 0. The quantitative estimate of drug-likeness (QED) is 0.613. The largest absolute Gasteiger partial charge is 0.439 e. The van der Waals surface area contributed by atoms with Gasteiger partial charge in [-0.05, 0) is 18.6 Å². The van der Waals surface area contributed by atoms with E-state index in [9.17, 15) is 10.1 Å². The number of nitro groups is 1. The van der Waals surface area contributed by atoms with Gasteiger partial charge in [0.25, 0.3) is 6.17 Å². The van der Waals surface area contributed by atoms with E-state index in [0.717, 1.165) is 24.1 Å². The summed E-state index contributed by atoms with van der Waals surface area (Å²) in [6, 6.07) is 7.50. The summed E-state index contributed by atoms with van der Waals surface area (Å²) in [5.74, 6) is 0.546. The van der Waals surface area contributed by atoms with Gasteiger partial charge < -0.3 is 4.42 Å². The molecule has 1 aromatic carbocycles. The van der Waals surface area contributed by atoms with Crippen LogP contribution in [0, 0.1) is 10.1 Å². The molecule has 0 amide bonds. The molecule has 1 saturated heterocycles. The molecule has 3 rings (SSSR count). The van der Waals surface area contributed by atoms with E-state index in [1.165, 1.54) is 0 Å². The van der Waals surface area contributed by atoms with Crippen LogP contribution in [0.1, 0.15) is 18.7 Å². The summed E-state index contributed by atoms with van der Waals surface area (Å²) in [4.78, 5) is 16.8. The lowest BCUT2D eigenvalue weighted by Crippen LogP contribution is -2.35. The topological polar surface area (TPSA) is 72.4 Å². The molecule has 2 aromatic rings. The van der Waals surface area contributed by atoms with Crippen LogP contribution in [0.25, 0.3) is 11.1 Å². The molecular weight excluding hydrogens is 234 g/mol. The zero-order valence-electron chi connectivity index (χ0n) is 9.78. The van der Waals surface area contributed by atoms with E-state index in [0.29, 0.717) is 18.9 Å². The van der Waals surface area contributed by atoms with E-state index < -0.39 is 6.17 Å². The second-order valence-electron chi connectivity index (χ2n) is 4.45. The average Bonchev–Trinajstić information content (AvgIpc) is 2.94. The molecule has 0 spiro atoms. The zero-order valence-corrected chi connectivity index (χ0v) is 9.78. The molecule has 6 nitrogen and oxygen atoms in total. The molecule has 0 N–H and O–H groups in total. The normalized spacial score (nSPS) is 20.6. The fourth-order valence-corrected chi connectivity index (χ4v) is 2.39. The van der Waals surface area contributed by atoms with Crippen molar-refractivity contribution < 1.29 is 9.34 Å². The van der Waals surface area contributed by atoms with E-state index in [4.69, 9.17) is 4.42 Å². The van der Waals surface area contributed by atoms with Crippen molar-refractivity contribution in [1.82, 2.24) is 9.88 Å². The number of fused-ring (bicyclic) bond motifs is 1. The van der Waals surface area contributed by atoms with Gasteiger partial charge >= 0.3 is 0 Å². The highest BCUT2D eigenvalue weighted by Crippen LogP contribution is 2.22. The lowest BCUT2D eigenvalue weighted by Gasteiger charge is -2.15. The predicted octanol–water partition coefficient (Wildman–Crippen LogP) is 2.03. The standard InChI is InChI=1S/C12H13N3O3/c16-15(17)12-6-3-7-14(12)8-11-13-9-4-1-2-5-10(9)18-11/h1-2,4-5,12H,3,6-8H2. The first-order chi connectivity index (χ1) is 8.74. The van der Waals surface area contributed by atoms with Crippen LogP contribution in [0.15, 0.2) is 28.7 Å². The lowest BCUT2D eigenvalue weighted by atomic mass is 10.3. The Morgan fingerprint density at radius 2 is 2.33 bits per heavy atom. The van der Waals surface area contributed by atoms with Gasteiger partial charge in [-0.25, -0.2) is 9.88 Å². The van der Waals surface area contributed by atoms with Crippen LogP contribution >= 0.6 is 0 Å². The van der Waals surface area contributed by atoms with E-state index in [-0.39, 0.29) is 4.92 Å². The smallest absolute Gasteiger partial charge is 0.268 e. The molecule has 0 radical (unpaired) electrons. The summed E-state index contributed by atoms with van der Waals surface area (Å²) in [5, 5.41) is 10.9. The van der Waals surface area contributed by atoms with Gasteiger partial charge in [0.1, 0.15) is 5.52 Å². The van der Waals surface area contributed by atoms with Gasteiger partial charge in [-0.1, -0.05) is 12.1 Å². The number of nitrogens with zero attached hydrogens (tertiary/aromatic N) is 3. The van der Waals surface area contributed by atoms with Crippen molar-refractivity contribution in [3.63, 3.8) is 0 Å². The molecule has 1 fully saturated rings. The van der Waals surface area contributed by atoms with Crippen molar-refractivity contribution in [1.29, 1.82) is 0 Å². The number of para-hydroxylation sites is 2. The highest BCUT2D eigenvalue weighted by molar-refractivity contribution is 5.72. The van der Waals surface area contributed by atoms with Gasteiger partial charge in [-0.3, -0.25) is 10.1 Å². The first kappa shape index (κ1) is 11.2. The fourth-order valence-electron chi connectivity index (χ4n) is 2.39. The maximum Gasteiger partial charge on any atom is 0.268 e. The van der Waals surface area contributed by atoms with Crippen LogP contribution in [0.2, 0.25) is 0 Å². The first-order valence-electron chi connectivity index (χ1n) is 5.96. The molecule has 18 heavy (non-hydrogen) atoms. The van der Waals surface area contributed by atoms with Crippen LogP contribution in [0.4, 0.5) is 0 Å². The number of benzene rings is 1. The molecule has 94 valence electrons. The van der Waals surface area contributed by atoms with Crippen LogP contribution in [-0.2, 0) is 6.54 Å². The van der Waals surface area contributed by atoms with Gasteiger partial charge in [0.05, 0.1) is 6.54 Å². The SMILES string of the molecule is O=[N+]([O-])C1CCCN1Cc1nc2ccccc2o1. The van der Waals surface area contributed by atoms with E-state index in [2.05, 4.69) is 4.98 Å². The summed E-state index contributed by atoms with van der Waals surface area (Å²) in [5.41, 5.74) is 1.52. The van der Waals surface area contributed by atoms with Crippen LogP contribution < -0.4 is 0 Å². The molecule has 0 saturated carbocycles. The Morgan fingerprint density at radius 3 is 3.11 bits per heavy atom. The second-order valence-corrected chi connectivity index (χ2v) is 4.45. The Kier molecular flexibility index (Phi) is 2.71. The molecular formula is C12H13N3O3. The summed E-state index contributed by atoms with van der Waals surface area (Å²) >= 11 is 0. The Balaban J connectivity index is 1.81. The van der Waals surface area contributed by atoms with E-state index in [1.807, 2.05) is 29.2 Å². The van der Waals surface area contributed by atoms with Gasteiger partial charge in [-0.2, -0.15) is 0 Å². The molecule has 1 aromatic heterocycles. The minimum Gasteiger partial charge on any atom is -0.439 e. The highest BCUT2D eigenvalue weighted by Gasteiger charge is 2.34. The third kappa shape index (κ3) is 1.95. The number of hydrogen-bond donors (Lipinski definition) is 0. The molecule has 2 heterocycles. The van der Waals surface area contributed by atoms with Crippen molar-refractivity contribution in [3.05, 3.63) is 40.3 Å². The number of oxazole rings is 1. The van der Waals surface area contributed by atoms with Crippen molar-refractivity contribution in [2.75, 3.05) is 6.54 Å². The highest BCUT2D eigenvalue weighted by atomic mass is 16.6. The minimum absolute atomic E-state index is 0.227. The number of aromatic nitrogens is 1. The summed E-state index contributed by atoms with van der Waals surface area (Å²) < 4.78 is 5.58. The summed E-state index contributed by atoms with van der Waals surface area (Å²) in [6.45, 7) is 1.13. The maximum absolute atomic E-state index is 10.9. The molecule has 1 aliphatic rings. The zero-order chi connectivity index (χ0) is 12.5. The average molecular weight is 247 g/mol. The molecule has 1 atom stereocenters. The molecule has 1 unspecified atom stereocenters. The third-order valence-corrected chi connectivity index (χ3v) is 3.25. The van der Waals surface area contributed by atoms with Gasteiger partial charge in [-0.15, -0.1) is 0 Å². The third-order valence-electron chi connectivity index (χ3n) is 3.25. The van der Waals surface area contributed by atoms with Crippen LogP contribution in [0.5, 0.6) is 0 Å². The Morgan fingerprint density at radius 1 is 1.50 bits per heavy atom. The monoisotopic (exact) mass is 247 g/mol. The van der Waals surface area contributed by atoms with Crippen molar-refractivity contribution in [3.8, 4) is 0 Å². The maximum atomic E-state index is 10.9. The minimum atomic E-state index is -0.597. The number of hydrogen-bond acceptors (Lipinski definition) is 5. The summed E-state index contributed by atoms with van der Waals surface area (Å²) in [6.07, 6.45) is 0.860. The van der Waals surface area contributed by atoms with E-state index >= 15 is 0 Å². The van der Waals surface area contributed by atoms with Crippen LogP contribution in [-0.4, -0.2) is 27.5 Å². The molecule has 6 heteroatoms. The molecule has 0 aliphatic carbocycles. The van der Waals surface area contributed by atoms with Crippen LogP contribution in [0.3, 0.4) is 0 Å². The van der Waals surface area contributed by atoms with Gasteiger partial charge in [0, 0.05) is 17.9 Å². The lowest BCUT2D eigenvalue weighted by molar-refractivity contribution is -0.546.